The van der Waals surface area contributed by atoms with Crippen LogP contribution in [0, 0.1) is 0 Å². The Bertz CT molecular complexity index is 217. The summed E-state index contributed by atoms with van der Waals surface area (Å²) in [6.45, 7) is 3.59. The van der Waals surface area contributed by atoms with Crippen molar-refractivity contribution in [1.82, 2.24) is 5.16 Å². The lowest BCUT2D eigenvalue weighted by molar-refractivity contribution is 0.386. The van der Waals surface area contributed by atoms with Gasteiger partial charge in [-0.25, -0.2) is 0 Å². The summed E-state index contributed by atoms with van der Waals surface area (Å²) in [5.74, 6) is 1.26. The van der Waals surface area contributed by atoms with Gasteiger partial charge in [-0.1, -0.05) is 11.2 Å². The highest BCUT2D eigenvalue weighted by atomic mass is 16.5. The summed E-state index contributed by atoms with van der Waals surface area (Å²) < 4.78 is 4.84. The van der Waals surface area contributed by atoms with Crippen molar-refractivity contribution in [2.24, 2.45) is 0 Å². The molecule has 1 aromatic rings. The third kappa shape index (κ3) is 1.62. The van der Waals surface area contributed by atoms with E-state index >= 15 is 0 Å². The molecule has 1 heterocycles. The minimum atomic E-state index is 0.444. The second-order valence-electron chi connectivity index (χ2n) is 2.05. The predicted octanol–water partition coefficient (Wildman–Crippen LogP) is 1.38. The molecule has 10 heavy (non-hydrogen) atoms. The maximum absolute atomic E-state index is 5.32. The monoisotopic (exact) mass is 138 g/mol. The van der Waals surface area contributed by atoms with E-state index in [1.807, 2.05) is 6.08 Å². The van der Waals surface area contributed by atoms with Crippen molar-refractivity contribution in [2.75, 3.05) is 5.73 Å². The molecule has 0 atom stereocenters. The van der Waals surface area contributed by atoms with E-state index in [4.69, 9.17) is 10.3 Å². The summed E-state index contributed by atoms with van der Waals surface area (Å²) in [6.07, 6.45) is 3.56. The SMILES string of the molecule is C=CCCc1cc(N)no1. The van der Waals surface area contributed by atoms with E-state index in [0.29, 0.717) is 5.82 Å². The number of anilines is 1. The second kappa shape index (κ2) is 3.06. The number of aromatic nitrogens is 1. The molecule has 1 rings (SSSR count). The Morgan fingerprint density at radius 2 is 2.60 bits per heavy atom. The Balaban J connectivity index is 2.49. The highest BCUT2D eigenvalue weighted by molar-refractivity contribution is 5.26. The molecule has 0 saturated heterocycles. The molecule has 0 fully saturated rings. The molecule has 0 bridgehead atoms. The van der Waals surface area contributed by atoms with Crippen LogP contribution in [0.1, 0.15) is 12.2 Å². The molecule has 0 saturated carbocycles. The minimum Gasteiger partial charge on any atom is -0.381 e. The smallest absolute Gasteiger partial charge is 0.167 e. The first-order valence-electron chi connectivity index (χ1n) is 3.15. The van der Waals surface area contributed by atoms with Crippen LogP contribution in [0.4, 0.5) is 5.82 Å². The average Bonchev–Trinajstić information content (AvgIpc) is 2.31. The van der Waals surface area contributed by atoms with E-state index in [1.54, 1.807) is 6.07 Å². The Morgan fingerprint density at radius 3 is 3.10 bits per heavy atom. The summed E-state index contributed by atoms with van der Waals surface area (Å²) in [5, 5.41) is 3.54. The standard InChI is InChI=1S/C7H10N2O/c1-2-3-4-6-5-7(8)9-10-6/h2,5H,1,3-4H2,(H2,8,9). The summed E-state index contributed by atoms with van der Waals surface area (Å²) in [7, 11) is 0. The number of nitrogens with zero attached hydrogens (tertiary/aromatic N) is 1. The van der Waals surface area contributed by atoms with Crippen LogP contribution in [0.2, 0.25) is 0 Å². The molecular formula is C7H10N2O. The fraction of sp³-hybridized carbons (Fsp3) is 0.286. The van der Waals surface area contributed by atoms with Gasteiger partial charge in [0.2, 0.25) is 0 Å². The summed E-state index contributed by atoms with van der Waals surface area (Å²) >= 11 is 0. The molecule has 0 aliphatic rings. The normalized spacial score (nSPS) is 9.60. The quantitative estimate of drug-likeness (QED) is 0.642. The predicted molar refractivity (Wildman–Crippen MR) is 39.4 cm³/mol. The van der Waals surface area contributed by atoms with Crippen molar-refractivity contribution in [3.05, 3.63) is 24.5 Å². The van der Waals surface area contributed by atoms with Crippen LogP contribution in [0.5, 0.6) is 0 Å². The van der Waals surface area contributed by atoms with Crippen LogP contribution in [-0.4, -0.2) is 5.16 Å². The van der Waals surface area contributed by atoms with Crippen LogP contribution < -0.4 is 5.73 Å². The van der Waals surface area contributed by atoms with E-state index < -0.39 is 0 Å². The zero-order valence-electron chi connectivity index (χ0n) is 5.71. The molecule has 0 spiro atoms. The Kier molecular flexibility index (Phi) is 2.10. The number of nitrogens with two attached hydrogens (primary N) is 1. The van der Waals surface area contributed by atoms with Gasteiger partial charge < -0.3 is 10.3 Å². The lowest BCUT2D eigenvalue weighted by Gasteiger charge is -1.85. The Hall–Kier alpha value is -1.25. The van der Waals surface area contributed by atoms with E-state index in [1.165, 1.54) is 0 Å². The van der Waals surface area contributed by atoms with Crippen molar-refractivity contribution in [3.8, 4) is 0 Å². The molecular weight excluding hydrogens is 128 g/mol. The third-order valence-corrected chi connectivity index (χ3v) is 1.17. The van der Waals surface area contributed by atoms with Crippen LogP contribution in [0.3, 0.4) is 0 Å². The highest BCUT2D eigenvalue weighted by Gasteiger charge is 1.97. The number of allylic oxidation sites excluding steroid dienone is 1. The first kappa shape index (κ1) is 6.86. The first-order valence-corrected chi connectivity index (χ1v) is 3.15. The molecule has 3 heteroatoms. The van der Waals surface area contributed by atoms with Gasteiger partial charge in [0.05, 0.1) is 0 Å². The number of hydrogen-bond acceptors (Lipinski definition) is 3. The molecule has 0 radical (unpaired) electrons. The molecule has 3 nitrogen and oxygen atoms in total. The fourth-order valence-corrected chi connectivity index (χ4v) is 0.691. The Labute approximate surface area is 59.5 Å². The number of nitrogen functional groups attached to an aromatic ring is 1. The van der Waals surface area contributed by atoms with Gasteiger partial charge in [-0.05, 0) is 6.42 Å². The lowest BCUT2D eigenvalue weighted by Crippen LogP contribution is -1.80. The molecule has 1 aromatic heterocycles. The Morgan fingerprint density at radius 1 is 1.80 bits per heavy atom. The van der Waals surface area contributed by atoms with Crippen LogP contribution in [-0.2, 0) is 6.42 Å². The van der Waals surface area contributed by atoms with Crippen molar-refractivity contribution in [3.63, 3.8) is 0 Å². The molecule has 0 unspecified atom stereocenters. The van der Waals surface area contributed by atoms with E-state index in [-0.39, 0.29) is 0 Å². The van der Waals surface area contributed by atoms with Crippen molar-refractivity contribution in [2.45, 2.75) is 12.8 Å². The zero-order chi connectivity index (χ0) is 7.40. The van der Waals surface area contributed by atoms with E-state index in [0.717, 1.165) is 18.6 Å². The zero-order valence-corrected chi connectivity index (χ0v) is 5.71. The highest BCUT2D eigenvalue weighted by Crippen LogP contribution is 2.06. The first-order chi connectivity index (χ1) is 4.83. The average molecular weight is 138 g/mol. The third-order valence-electron chi connectivity index (χ3n) is 1.17. The fourth-order valence-electron chi connectivity index (χ4n) is 0.691. The van der Waals surface area contributed by atoms with Crippen molar-refractivity contribution in [1.29, 1.82) is 0 Å². The van der Waals surface area contributed by atoms with Crippen LogP contribution in [0.25, 0.3) is 0 Å². The molecule has 0 amide bonds. The molecule has 0 aliphatic heterocycles. The van der Waals surface area contributed by atoms with Gasteiger partial charge in [0, 0.05) is 12.5 Å². The summed E-state index contributed by atoms with van der Waals surface area (Å²) in [6, 6.07) is 1.73. The van der Waals surface area contributed by atoms with Gasteiger partial charge in [0.1, 0.15) is 5.76 Å². The topological polar surface area (TPSA) is 52.0 Å². The molecule has 0 aromatic carbocycles. The number of rotatable bonds is 3. The second-order valence-corrected chi connectivity index (χ2v) is 2.05. The lowest BCUT2D eigenvalue weighted by atomic mass is 10.2. The van der Waals surface area contributed by atoms with Crippen molar-refractivity contribution >= 4 is 5.82 Å². The van der Waals surface area contributed by atoms with Gasteiger partial charge in [0.15, 0.2) is 5.82 Å². The van der Waals surface area contributed by atoms with Gasteiger partial charge in [-0.3, -0.25) is 0 Å². The van der Waals surface area contributed by atoms with E-state index in [2.05, 4.69) is 11.7 Å². The number of aryl methyl sites for hydroxylation is 1. The van der Waals surface area contributed by atoms with Gasteiger partial charge in [0.25, 0.3) is 0 Å². The van der Waals surface area contributed by atoms with Crippen molar-refractivity contribution < 1.29 is 4.52 Å². The molecule has 54 valence electrons. The van der Waals surface area contributed by atoms with Crippen LogP contribution >= 0.6 is 0 Å². The molecule has 0 aliphatic carbocycles. The molecule has 2 N–H and O–H groups in total. The largest absolute Gasteiger partial charge is 0.381 e. The van der Waals surface area contributed by atoms with Crippen LogP contribution in [0.15, 0.2) is 23.2 Å². The van der Waals surface area contributed by atoms with Gasteiger partial charge >= 0.3 is 0 Å². The maximum atomic E-state index is 5.32. The minimum absolute atomic E-state index is 0.444. The summed E-state index contributed by atoms with van der Waals surface area (Å²) in [5.41, 5.74) is 5.32. The maximum Gasteiger partial charge on any atom is 0.167 e. The van der Waals surface area contributed by atoms with Gasteiger partial charge in [-0.15, -0.1) is 6.58 Å². The number of hydrogen-bond donors (Lipinski definition) is 1. The van der Waals surface area contributed by atoms with Gasteiger partial charge in [-0.2, -0.15) is 0 Å². The van der Waals surface area contributed by atoms with E-state index in [9.17, 15) is 0 Å². The summed E-state index contributed by atoms with van der Waals surface area (Å²) in [4.78, 5) is 0.